The topological polar surface area (TPSA) is 125 Å². The smallest absolute Gasteiger partial charge is 0.335 e. The normalized spacial score (nSPS) is 20.3. The molecule has 2 aliphatic heterocycles. The zero-order valence-electron chi connectivity index (χ0n) is 15.4. The summed E-state index contributed by atoms with van der Waals surface area (Å²) in [6.07, 6.45) is 0. The van der Waals surface area contributed by atoms with Gasteiger partial charge in [0.05, 0.1) is 19.2 Å². The Kier molecular flexibility index (Phi) is 4.22. The van der Waals surface area contributed by atoms with Crippen molar-refractivity contribution in [2.45, 2.75) is 12.1 Å². The number of fused-ring (bicyclic) bond motifs is 1. The van der Waals surface area contributed by atoms with E-state index in [-0.39, 0.29) is 24.6 Å². The molecule has 2 heterocycles. The summed E-state index contributed by atoms with van der Waals surface area (Å²) in [5.41, 5.74) is 0.176. The van der Waals surface area contributed by atoms with Gasteiger partial charge in [-0.25, -0.2) is 9.59 Å². The van der Waals surface area contributed by atoms with E-state index in [2.05, 4.69) is 10.6 Å². The third-order valence-electron chi connectivity index (χ3n) is 5.19. The van der Waals surface area contributed by atoms with E-state index in [0.717, 1.165) is 5.56 Å². The van der Waals surface area contributed by atoms with Crippen LogP contribution in [0.15, 0.2) is 42.5 Å². The monoisotopic (exact) mass is 395 g/mol. The second-order valence-electron chi connectivity index (χ2n) is 6.88. The van der Waals surface area contributed by atoms with Crippen molar-refractivity contribution in [2.75, 3.05) is 13.7 Å². The van der Waals surface area contributed by atoms with Gasteiger partial charge in [0.2, 0.25) is 0 Å². The fraction of sp³-hybridized carbons (Fsp3) is 0.200. The number of aromatic carboxylic acids is 1. The van der Waals surface area contributed by atoms with Crippen LogP contribution >= 0.6 is 0 Å². The Labute approximate surface area is 165 Å². The first-order chi connectivity index (χ1) is 13.8. The highest BCUT2D eigenvalue weighted by Gasteiger charge is 2.50. The van der Waals surface area contributed by atoms with E-state index in [9.17, 15) is 19.2 Å². The van der Waals surface area contributed by atoms with Crippen LogP contribution in [0, 0.1) is 0 Å². The fourth-order valence-electron chi connectivity index (χ4n) is 3.68. The summed E-state index contributed by atoms with van der Waals surface area (Å²) in [5, 5.41) is 13.9. The van der Waals surface area contributed by atoms with E-state index in [1.807, 2.05) is 0 Å². The molecular weight excluding hydrogens is 378 g/mol. The molecule has 4 amide bonds. The highest BCUT2D eigenvalue weighted by Crippen LogP contribution is 2.32. The van der Waals surface area contributed by atoms with Crippen molar-refractivity contribution in [1.82, 2.24) is 15.5 Å². The summed E-state index contributed by atoms with van der Waals surface area (Å²) < 4.78 is 5.17. The van der Waals surface area contributed by atoms with Crippen LogP contribution in [0.3, 0.4) is 0 Å². The number of carbonyl (C=O) groups is 4. The number of hydrogen-bond acceptors (Lipinski definition) is 5. The van der Waals surface area contributed by atoms with Crippen LogP contribution in [0.2, 0.25) is 0 Å². The van der Waals surface area contributed by atoms with Crippen LogP contribution < -0.4 is 15.4 Å². The van der Waals surface area contributed by atoms with E-state index in [1.165, 1.54) is 36.3 Å². The molecule has 0 aromatic heterocycles. The van der Waals surface area contributed by atoms with Gasteiger partial charge in [-0.1, -0.05) is 18.2 Å². The van der Waals surface area contributed by atoms with Crippen molar-refractivity contribution in [3.8, 4) is 5.75 Å². The van der Waals surface area contributed by atoms with E-state index >= 15 is 0 Å². The number of amides is 4. The highest BCUT2D eigenvalue weighted by molar-refractivity contribution is 6.08. The molecule has 148 valence electrons. The number of rotatable bonds is 5. The lowest BCUT2D eigenvalue weighted by Gasteiger charge is -2.31. The van der Waals surface area contributed by atoms with E-state index < -0.39 is 23.4 Å². The molecule has 9 heteroatoms. The molecule has 1 saturated heterocycles. The molecule has 29 heavy (non-hydrogen) atoms. The maximum absolute atomic E-state index is 12.9. The number of hydrogen-bond donors (Lipinski definition) is 3. The molecule has 9 nitrogen and oxygen atoms in total. The quantitative estimate of drug-likeness (QED) is 0.651. The average Bonchev–Trinajstić information content (AvgIpc) is 3.17. The van der Waals surface area contributed by atoms with Gasteiger partial charge >= 0.3 is 12.0 Å². The summed E-state index contributed by atoms with van der Waals surface area (Å²) in [5.74, 6) is -1.45. The molecular formula is C20H17N3O6. The Morgan fingerprint density at radius 2 is 1.90 bits per heavy atom. The number of methoxy groups -OCH3 is 1. The fourth-order valence-corrected chi connectivity index (χ4v) is 3.68. The van der Waals surface area contributed by atoms with Crippen molar-refractivity contribution >= 4 is 23.8 Å². The minimum absolute atomic E-state index is 0.0466. The van der Waals surface area contributed by atoms with Crippen molar-refractivity contribution < 1.29 is 29.0 Å². The van der Waals surface area contributed by atoms with Gasteiger partial charge in [-0.2, -0.15) is 0 Å². The van der Waals surface area contributed by atoms with Gasteiger partial charge in [-0.3, -0.25) is 14.9 Å². The Hall–Kier alpha value is -3.88. The standard InChI is InChI=1S/C20H17N3O6/c1-29-14-7-4-12-9-23(16(24)15(12)8-14)10-20(18(27)21-19(28)22-20)13-5-2-11(3-6-13)17(25)26/h2-8H,9-10H2,1H3,(H,25,26)(H2,21,22,27,28). The Bertz CT molecular complexity index is 1050. The number of urea groups is 1. The molecule has 0 bridgehead atoms. The number of carboxylic acid groups (broad SMARTS) is 1. The van der Waals surface area contributed by atoms with E-state index in [4.69, 9.17) is 9.84 Å². The second-order valence-corrected chi connectivity index (χ2v) is 6.88. The van der Waals surface area contributed by atoms with Crippen LogP contribution in [-0.2, 0) is 16.9 Å². The first-order valence-corrected chi connectivity index (χ1v) is 8.78. The van der Waals surface area contributed by atoms with E-state index in [0.29, 0.717) is 16.9 Å². The predicted octanol–water partition coefficient (Wildman–Crippen LogP) is 1.08. The van der Waals surface area contributed by atoms with Gasteiger partial charge < -0.3 is 20.1 Å². The Balaban J connectivity index is 1.69. The third-order valence-corrected chi connectivity index (χ3v) is 5.19. The summed E-state index contributed by atoms with van der Waals surface area (Å²) >= 11 is 0. The molecule has 0 spiro atoms. The number of nitrogens with one attached hydrogen (secondary N) is 2. The number of carbonyl (C=O) groups excluding carboxylic acids is 3. The lowest BCUT2D eigenvalue weighted by molar-refractivity contribution is -0.124. The Morgan fingerprint density at radius 1 is 1.17 bits per heavy atom. The summed E-state index contributed by atoms with van der Waals surface area (Å²) in [6.45, 7) is 0.170. The minimum Gasteiger partial charge on any atom is -0.497 e. The van der Waals surface area contributed by atoms with Crippen LogP contribution in [0.4, 0.5) is 4.79 Å². The highest BCUT2D eigenvalue weighted by atomic mass is 16.5. The molecule has 4 rings (SSSR count). The van der Waals surface area contributed by atoms with E-state index in [1.54, 1.807) is 18.2 Å². The number of ether oxygens (including phenoxy) is 1. The molecule has 2 aromatic carbocycles. The molecule has 0 radical (unpaired) electrons. The molecule has 2 aromatic rings. The minimum atomic E-state index is -1.52. The van der Waals surface area contributed by atoms with Crippen LogP contribution in [0.1, 0.15) is 31.8 Å². The molecule has 2 aliphatic rings. The largest absolute Gasteiger partial charge is 0.497 e. The molecule has 0 saturated carbocycles. The van der Waals surface area contributed by atoms with Crippen LogP contribution in [0.25, 0.3) is 0 Å². The van der Waals surface area contributed by atoms with Gasteiger partial charge in [0.1, 0.15) is 5.75 Å². The van der Waals surface area contributed by atoms with Crippen LogP contribution in [0.5, 0.6) is 5.75 Å². The van der Waals surface area contributed by atoms with Crippen molar-refractivity contribution in [2.24, 2.45) is 0 Å². The third kappa shape index (κ3) is 2.96. The van der Waals surface area contributed by atoms with Gasteiger partial charge in [0, 0.05) is 12.1 Å². The zero-order chi connectivity index (χ0) is 20.8. The van der Waals surface area contributed by atoms with Gasteiger partial charge in [-0.15, -0.1) is 0 Å². The number of nitrogens with zero attached hydrogens (tertiary/aromatic N) is 1. The van der Waals surface area contributed by atoms with Gasteiger partial charge in [-0.05, 0) is 35.4 Å². The number of carboxylic acids is 1. The summed E-state index contributed by atoms with van der Waals surface area (Å²) in [7, 11) is 1.51. The summed E-state index contributed by atoms with van der Waals surface area (Å²) in [4.78, 5) is 50.1. The van der Waals surface area contributed by atoms with Crippen molar-refractivity contribution in [3.05, 3.63) is 64.7 Å². The SMILES string of the molecule is COc1ccc2c(c1)C(=O)N(CC1(c3ccc(C(=O)O)cc3)NC(=O)NC1=O)C2. The van der Waals surface area contributed by atoms with Crippen LogP contribution in [-0.4, -0.2) is 47.5 Å². The molecule has 1 unspecified atom stereocenters. The van der Waals surface area contributed by atoms with Crippen molar-refractivity contribution in [3.63, 3.8) is 0 Å². The number of benzene rings is 2. The maximum atomic E-state index is 12.9. The zero-order valence-corrected chi connectivity index (χ0v) is 15.4. The van der Waals surface area contributed by atoms with Crippen molar-refractivity contribution in [1.29, 1.82) is 0 Å². The first kappa shape index (κ1) is 18.5. The maximum Gasteiger partial charge on any atom is 0.335 e. The molecule has 0 aliphatic carbocycles. The molecule has 3 N–H and O–H groups in total. The predicted molar refractivity (Wildman–Crippen MR) is 99.5 cm³/mol. The first-order valence-electron chi connectivity index (χ1n) is 8.78. The molecule has 1 atom stereocenters. The molecule has 1 fully saturated rings. The second kappa shape index (κ2) is 6.62. The lowest BCUT2D eigenvalue weighted by Crippen LogP contribution is -2.52. The summed E-state index contributed by atoms with van der Waals surface area (Å²) in [6, 6.07) is 10.1. The van der Waals surface area contributed by atoms with Gasteiger partial charge in [0.15, 0.2) is 5.54 Å². The lowest BCUT2D eigenvalue weighted by atomic mass is 9.88. The average molecular weight is 395 g/mol. The number of imide groups is 1. The van der Waals surface area contributed by atoms with Gasteiger partial charge in [0.25, 0.3) is 11.8 Å². The Morgan fingerprint density at radius 3 is 2.48 bits per heavy atom.